The van der Waals surface area contributed by atoms with Crippen LogP contribution in [0.2, 0.25) is 0 Å². The van der Waals surface area contributed by atoms with Crippen LogP contribution in [-0.2, 0) is 4.79 Å². The summed E-state index contributed by atoms with van der Waals surface area (Å²) in [6.07, 6.45) is 0.704. The quantitative estimate of drug-likeness (QED) is 0.464. The highest BCUT2D eigenvalue weighted by atomic mass is 16.6. The molecule has 1 rings (SSSR count). The molecule has 0 saturated carbocycles. The summed E-state index contributed by atoms with van der Waals surface area (Å²) in [5, 5.41) is 19.6. The lowest BCUT2D eigenvalue weighted by Crippen LogP contribution is -2.21. The Balaban J connectivity index is 2.68. The highest BCUT2D eigenvalue weighted by molar-refractivity contribution is 5.91. The number of aromatic carboxylic acids is 1. The van der Waals surface area contributed by atoms with Crippen molar-refractivity contribution >= 4 is 17.6 Å². The van der Waals surface area contributed by atoms with E-state index in [0.29, 0.717) is 6.42 Å². The summed E-state index contributed by atoms with van der Waals surface area (Å²) in [6, 6.07) is 3.37. The molecular formula is C13H16N2O6. The number of hydrogen-bond acceptors (Lipinski definition) is 5. The van der Waals surface area contributed by atoms with Gasteiger partial charge in [0.25, 0.3) is 5.69 Å². The molecule has 0 radical (unpaired) electrons. The number of rotatable bonds is 7. The van der Waals surface area contributed by atoms with E-state index in [0.717, 1.165) is 6.07 Å². The number of carboxylic acids is 1. The molecule has 0 aliphatic heterocycles. The van der Waals surface area contributed by atoms with E-state index in [1.54, 1.807) is 14.1 Å². The van der Waals surface area contributed by atoms with Crippen LogP contribution in [0.5, 0.6) is 5.75 Å². The van der Waals surface area contributed by atoms with Gasteiger partial charge in [-0.15, -0.1) is 0 Å². The fourth-order valence-electron chi connectivity index (χ4n) is 1.55. The van der Waals surface area contributed by atoms with Crippen LogP contribution in [-0.4, -0.2) is 47.5 Å². The van der Waals surface area contributed by atoms with Gasteiger partial charge in [-0.3, -0.25) is 14.9 Å². The van der Waals surface area contributed by atoms with E-state index in [2.05, 4.69) is 0 Å². The SMILES string of the molecule is CN(C)C(=O)CCCOc1ccc([N+](=O)[O-])cc1C(=O)O. The summed E-state index contributed by atoms with van der Waals surface area (Å²) in [4.78, 5) is 33.8. The third kappa shape index (κ3) is 4.75. The number of ether oxygens (including phenoxy) is 1. The topological polar surface area (TPSA) is 110 Å². The maximum Gasteiger partial charge on any atom is 0.339 e. The summed E-state index contributed by atoms with van der Waals surface area (Å²) in [5.74, 6) is -1.32. The van der Waals surface area contributed by atoms with Crippen LogP contribution in [0.3, 0.4) is 0 Å². The van der Waals surface area contributed by atoms with Crippen molar-refractivity contribution in [1.82, 2.24) is 4.90 Å². The van der Waals surface area contributed by atoms with Crippen LogP contribution in [0.4, 0.5) is 5.69 Å². The molecular weight excluding hydrogens is 280 g/mol. The molecule has 0 aliphatic rings. The van der Waals surface area contributed by atoms with Crippen molar-refractivity contribution in [3.05, 3.63) is 33.9 Å². The number of carboxylic acid groups (broad SMARTS) is 1. The largest absolute Gasteiger partial charge is 0.493 e. The average Bonchev–Trinajstić information content (AvgIpc) is 2.42. The molecule has 8 nitrogen and oxygen atoms in total. The third-order valence-corrected chi connectivity index (χ3v) is 2.70. The number of benzene rings is 1. The Bertz CT molecular complexity index is 556. The van der Waals surface area contributed by atoms with Gasteiger partial charge in [-0.1, -0.05) is 0 Å². The summed E-state index contributed by atoms with van der Waals surface area (Å²) >= 11 is 0. The Morgan fingerprint density at radius 3 is 2.57 bits per heavy atom. The molecule has 1 N–H and O–H groups in total. The van der Waals surface area contributed by atoms with E-state index in [9.17, 15) is 19.7 Å². The molecule has 0 atom stereocenters. The molecule has 1 aromatic rings. The van der Waals surface area contributed by atoms with Gasteiger partial charge in [-0.2, -0.15) is 0 Å². The van der Waals surface area contributed by atoms with Crippen molar-refractivity contribution in [3.63, 3.8) is 0 Å². The minimum atomic E-state index is -1.31. The molecule has 0 spiro atoms. The van der Waals surface area contributed by atoms with Crippen LogP contribution < -0.4 is 4.74 Å². The second kappa shape index (κ2) is 7.22. The molecule has 0 heterocycles. The summed E-state index contributed by atoms with van der Waals surface area (Å²) < 4.78 is 5.29. The lowest BCUT2D eigenvalue weighted by atomic mass is 10.2. The van der Waals surface area contributed by atoms with E-state index < -0.39 is 10.9 Å². The average molecular weight is 296 g/mol. The van der Waals surface area contributed by atoms with Gasteiger partial charge < -0.3 is 14.7 Å². The van der Waals surface area contributed by atoms with Crippen molar-refractivity contribution in [2.24, 2.45) is 0 Å². The minimum absolute atomic E-state index is 0.0467. The lowest BCUT2D eigenvalue weighted by molar-refractivity contribution is -0.384. The van der Waals surface area contributed by atoms with E-state index in [4.69, 9.17) is 9.84 Å². The highest BCUT2D eigenvalue weighted by Gasteiger charge is 2.17. The molecule has 114 valence electrons. The normalized spacial score (nSPS) is 10.0. The van der Waals surface area contributed by atoms with E-state index in [1.165, 1.54) is 17.0 Å². The fourth-order valence-corrected chi connectivity index (χ4v) is 1.55. The summed E-state index contributed by atoms with van der Waals surface area (Å²) in [5.41, 5.74) is -0.592. The zero-order valence-electron chi connectivity index (χ0n) is 11.7. The van der Waals surface area contributed by atoms with Crippen molar-refractivity contribution in [2.45, 2.75) is 12.8 Å². The first kappa shape index (κ1) is 16.4. The Kier molecular flexibility index (Phi) is 5.65. The molecule has 1 amide bonds. The van der Waals surface area contributed by atoms with E-state index in [1.807, 2.05) is 0 Å². The summed E-state index contributed by atoms with van der Waals surface area (Å²) in [6.45, 7) is 0.150. The number of nitrogens with zero attached hydrogens (tertiary/aromatic N) is 2. The number of amides is 1. The third-order valence-electron chi connectivity index (χ3n) is 2.70. The molecule has 0 bridgehead atoms. The van der Waals surface area contributed by atoms with Crippen molar-refractivity contribution in [1.29, 1.82) is 0 Å². The molecule has 8 heteroatoms. The van der Waals surface area contributed by atoms with Gasteiger partial charge in [0.2, 0.25) is 5.91 Å². The second-order valence-corrected chi connectivity index (χ2v) is 4.48. The van der Waals surface area contributed by atoms with Gasteiger partial charge in [0.15, 0.2) is 0 Å². The fraction of sp³-hybridized carbons (Fsp3) is 0.385. The highest BCUT2D eigenvalue weighted by Crippen LogP contribution is 2.24. The number of carbonyl (C=O) groups is 2. The van der Waals surface area contributed by atoms with Gasteiger partial charge in [0, 0.05) is 32.6 Å². The molecule has 0 aromatic heterocycles. The maximum atomic E-state index is 11.4. The van der Waals surface area contributed by atoms with Gasteiger partial charge in [-0.25, -0.2) is 4.79 Å². The Labute approximate surface area is 121 Å². The second-order valence-electron chi connectivity index (χ2n) is 4.48. The van der Waals surface area contributed by atoms with Crippen molar-refractivity contribution in [2.75, 3.05) is 20.7 Å². The first-order valence-electron chi connectivity index (χ1n) is 6.17. The molecule has 0 unspecified atom stereocenters. The van der Waals surface area contributed by atoms with E-state index >= 15 is 0 Å². The van der Waals surface area contributed by atoms with Crippen LogP contribution >= 0.6 is 0 Å². The molecule has 1 aromatic carbocycles. The zero-order chi connectivity index (χ0) is 16.0. The van der Waals surface area contributed by atoms with Gasteiger partial charge in [0.1, 0.15) is 11.3 Å². The molecule has 0 saturated heterocycles. The van der Waals surface area contributed by atoms with Crippen LogP contribution in [0.1, 0.15) is 23.2 Å². The molecule has 0 aliphatic carbocycles. The van der Waals surface area contributed by atoms with Crippen LogP contribution in [0.15, 0.2) is 18.2 Å². The maximum absolute atomic E-state index is 11.4. The Morgan fingerprint density at radius 2 is 2.05 bits per heavy atom. The number of nitro benzene ring substituents is 1. The Hall–Kier alpha value is -2.64. The van der Waals surface area contributed by atoms with Crippen LogP contribution in [0.25, 0.3) is 0 Å². The first-order valence-corrected chi connectivity index (χ1v) is 6.17. The predicted molar refractivity (Wildman–Crippen MR) is 73.5 cm³/mol. The molecule has 0 fully saturated rings. The van der Waals surface area contributed by atoms with Gasteiger partial charge in [0.05, 0.1) is 11.5 Å². The van der Waals surface area contributed by atoms with Crippen LogP contribution in [0, 0.1) is 10.1 Å². The lowest BCUT2D eigenvalue weighted by Gasteiger charge is -2.11. The number of nitro groups is 1. The predicted octanol–water partition coefficient (Wildman–Crippen LogP) is 1.54. The number of non-ortho nitro benzene ring substituents is 1. The summed E-state index contributed by atoms with van der Waals surface area (Å²) in [7, 11) is 3.28. The van der Waals surface area contributed by atoms with Crippen molar-refractivity contribution < 1.29 is 24.4 Å². The monoisotopic (exact) mass is 296 g/mol. The minimum Gasteiger partial charge on any atom is -0.493 e. The van der Waals surface area contributed by atoms with Gasteiger partial charge in [-0.05, 0) is 12.5 Å². The Morgan fingerprint density at radius 1 is 1.38 bits per heavy atom. The molecule has 21 heavy (non-hydrogen) atoms. The number of carbonyl (C=O) groups excluding carboxylic acids is 1. The standard InChI is InChI=1S/C13H16N2O6/c1-14(2)12(16)4-3-7-21-11-6-5-9(15(19)20)8-10(11)13(17)18/h5-6,8H,3-4,7H2,1-2H3,(H,17,18). The van der Waals surface area contributed by atoms with Gasteiger partial charge >= 0.3 is 5.97 Å². The first-order chi connectivity index (χ1) is 9.82. The van der Waals surface area contributed by atoms with Crippen molar-refractivity contribution in [3.8, 4) is 5.75 Å². The zero-order valence-corrected chi connectivity index (χ0v) is 11.7. The smallest absolute Gasteiger partial charge is 0.339 e. The van der Waals surface area contributed by atoms with E-state index in [-0.39, 0.29) is 35.9 Å². The number of hydrogen-bond donors (Lipinski definition) is 1.